The quantitative estimate of drug-likeness (QED) is 0.0156. The summed E-state index contributed by atoms with van der Waals surface area (Å²) in [6.45, 7) is 31.3. The monoisotopic (exact) mass is 1170 g/mol. The second-order valence-corrected chi connectivity index (χ2v) is 22.7. The summed E-state index contributed by atoms with van der Waals surface area (Å²) in [5.41, 5.74) is 12.4. The zero-order valence-corrected chi connectivity index (χ0v) is 51.4. The van der Waals surface area contributed by atoms with Gasteiger partial charge in [-0.3, -0.25) is 19.7 Å². The molecule has 21 heteroatoms. The Labute approximate surface area is 488 Å². The van der Waals surface area contributed by atoms with Crippen LogP contribution in [0.5, 0.6) is 0 Å². The van der Waals surface area contributed by atoms with E-state index in [1.807, 2.05) is 59.7 Å². The van der Waals surface area contributed by atoms with Gasteiger partial charge in [0, 0.05) is 83.3 Å². The van der Waals surface area contributed by atoms with Crippen LogP contribution in [0.4, 0.5) is 0 Å². The normalized spacial score (nSPS) is 13.8. The number of nitrogens with zero attached hydrogens (tertiary/aromatic N) is 6. The lowest BCUT2D eigenvalue weighted by Crippen LogP contribution is -2.36. The summed E-state index contributed by atoms with van der Waals surface area (Å²) in [4.78, 5) is 100. The van der Waals surface area contributed by atoms with Crippen molar-refractivity contribution in [3.63, 3.8) is 0 Å². The molecule has 0 radical (unpaired) electrons. The predicted octanol–water partition coefficient (Wildman–Crippen LogP) is 11.7. The molecule has 0 amide bonds. The average Bonchev–Trinajstić information content (AvgIpc) is 4.31. The van der Waals surface area contributed by atoms with Gasteiger partial charge in [0.05, 0.1) is 62.4 Å². The van der Waals surface area contributed by atoms with Gasteiger partial charge in [0.25, 0.3) is 0 Å². The Morgan fingerprint density at radius 3 is 1.15 bits per heavy atom. The maximum absolute atomic E-state index is 13.6. The number of aromatic nitrogens is 3. The summed E-state index contributed by atoms with van der Waals surface area (Å²) in [5.74, 6) is -1.31. The Hall–Kier alpha value is -5.40. The SMILES string of the molecule is CCOOCc1cc(-c2sc(C(=O)OCC)c(C)c2C)cc(CN2CCN(Cc3cc(-c4sc(COOCC)c(C)c4C)cc(C(=O)OCC)n3)CCN(Cc3cc(-c4sc(COOCC)c(C)c4C)cc(C(=O)OCC)n3)CC2)n1. The number of esters is 3. The van der Waals surface area contributed by atoms with Gasteiger partial charge in [-0.1, -0.05) is 0 Å². The molecule has 7 heterocycles. The summed E-state index contributed by atoms with van der Waals surface area (Å²) < 4.78 is 16.5. The van der Waals surface area contributed by atoms with Gasteiger partial charge in [-0.25, -0.2) is 53.7 Å². The van der Waals surface area contributed by atoms with E-state index < -0.39 is 11.9 Å². The molecule has 1 aliphatic rings. The largest absolute Gasteiger partial charge is 0.462 e. The van der Waals surface area contributed by atoms with Gasteiger partial charge in [0.2, 0.25) is 0 Å². The smallest absolute Gasteiger partial charge is 0.356 e. The number of rotatable bonds is 27. The topological polar surface area (TPSA) is 183 Å². The molecule has 0 N–H and O–H groups in total. The molecule has 1 saturated heterocycles. The Balaban J connectivity index is 1.27. The van der Waals surface area contributed by atoms with E-state index in [0.717, 1.165) is 91.5 Å². The van der Waals surface area contributed by atoms with Gasteiger partial charge >= 0.3 is 17.9 Å². The molecular weight excluding hydrogens is 1090 g/mol. The number of pyridine rings is 3. The summed E-state index contributed by atoms with van der Waals surface area (Å²) in [7, 11) is 0. The minimum Gasteiger partial charge on any atom is -0.462 e. The summed E-state index contributed by atoms with van der Waals surface area (Å²) >= 11 is 4.65. The Kier molecular flexibility index (Phi) is 24.0. The lowest BCUT2D eigenvalue weighted by molar-refractivity contribution is -0.301. The van der Waals surface area contributed by atoms with Gasteiger partial charge in [-0.05, 0) is 170 Å². The third-order valence-corrected chi connectivity index (χ3v) is 18.2. The molecule has 0 unspecified atom stereocenters. The minimum atomic E-state index is -0.487. The van der Waals surface area contributed by atoms with Gasteiger partial charge in [0.1, 0.15) is 36.1 Å². The molecule has 0 bridgehead atoms. The molecule has 1 fully saturated rings. The molecular formula is C60H78N6O12S3. The van der Waals surface area contributed by atoms with Crippen LogP contribution in [-0.4, -0.2) is 126 Å². The van der Waals surface area contributed by atoms with Gasteiger partial charge in [-0.15, -0.1) is 34.0 Å². The maximum Gasteiger partial charge on any atom is 0.356 e. The van der Waals surface area contributed by atoms with Crippen molar-refractivity contribution in [3.8, 4) is 31.3 Å². The summed E-state index contributed by atoms with van der Waals surface area (Å²) in [6, 6.07) is 11.9. The zero-order valence-electron chi connectivity index (χ0n) is 49.0. The minimum absolute atomic E-state index is 0.129. The first-order valence-corrected chi connectivity index (χ1v) is 30.3. The number of thiophene rings is 3. The van der Waals surface area contributed by atoms with Crippen molar-refractivity contribution >= 4 is 51.9 Å². The van der Waals surface area contributed by atoms with Crippen LogP contribution in [0.3, 0.4) is 0 Å². The molecule has 7 rings (SSSR count). The van der Waals surface area contributed by atoms with E-state index in [9.17, 15) is 14.4 Å². The summed E-state index contributed by atoms with van der Waals surface area (Å²) in [6.07, 6.45) is 0. The van der Waals surface area contributed by atoms with Crippen molar-refractivity contribution in [1.29, 1.82) is 0 Å². The Bertz CT molecular complexity index is 2960. The third kappa shape index (κ3) is 16.7. The van der Waals surface area contributed by atoms with Crippen molar-refractivity contribution < 1.29 is 57.9 Å². The molecule has 0 saturated carbocycles. The number of ether oxygens (including phenoxy) is 3. The van der Waals surface area contributed by atoms with Crippen LogP contribution in [0.1, 0.15) is 138 Å². The fourth-order valence-corrected chi connectivity index (χ4v) is 13.0. The molecule has 0 atom stereocenters. The van der Waals surface area contributed by atoms with Crippen molar-refractivity contribution in [2.45, 2.75) is 123 Å². The Morgan fingerprint density at radius 1 is 0.395 bits per heavy atom. The van der Waals surface area contributed by atoms with Crippen LogP contribution in [0.25, 0.3) is 31.3 Å². The highest BCUT2D eigenvalue weighted by molar-refractivity contribution is 7.17. The van der Waals surface area contributed by atoms with E-state index in [0.29, 0.717) is 103 Å². The molecule has 81 heavy (non-hydrogen) atoms. The maximum atomic E-state index is 13.6. The van der Waals surface area contributed by atoms with Gasteiger partial charge in [-0.2, -0.15) is 0 Å². The van der Waals surface area contributed by atoms with Crippen molar-refractivity contribution in [3.05, 3.63) is 119 Å². The first kappa shape index (κ1) is 63.2. The standard InChI is InChI=1S/C60H78N6O12S3/c1-13-70-58(67)50-29-44(54-39(9)37(7)52(79-54)35-77-74-17-5)26-47(62-50)32-65-21-19-64(31-46-25-43(28-49(61-46)34-76-73-16-4)56-41(11)42(12)57(81-56)60(69)72-15-3)20-22-66(24-23-65)33-48-27-45(30-51(63-48)59(68)71-14-2)55-40(10)38(8)53(80-55)36-78-75-18-6/h25-30H,13-24,31-36H2,1-12H3. The van der Waals surface area contributed by atoms with Crippen LogP contribution in [-0.2, 0) is 83.0 Å². The lowest BCUT2D eigenvalue weighted by Gasteiger charge is -2.26. The van der Waals surface area contributed by atoms with Crippen LogP contribution < -0.4 is 0 Å². The van der Waals surface area contributed by atoms with E-state index >= 15 is 0 Å². The highest BCUT2D eigenvalue weighted by Crippen LogP contribution is 2.40. The van der Waals surface area contributed by atoms with E-state index in [1.54, 1.807) is 36.5 Å². The van der Waals surface area contributed by atoms with E-state index in [4.69, 9.17) is 58.5 Å². The molecule has 438 valence electrons. The van der Waals surface area contributed by atoms with E-state index in [-0.39, 0.29) is 43.8 Å². The lowest BCUT2D eigenvalue weighted by atomic mass is 10.1. The molecule has 6 aromatic rings. The number of carbonyl (C=O) groups is 3. The first-order valence-electron chi connectivity index (χ1n) is 27.8. The van der Waals surface area contributed by atoms with Crippen molar-refractivity contribution in [2.24, 2.45) is 0 Å². The highest BCUT2D eigenvalue weighted by Gasteiger charge is 2.26. The second-order valence-electron chi connectivity index (χ2n) is 19.5. The molecule has 1 aliphatic heterocycles. The average molecular weight is 1170 g/mol. The fraction of sp³-hybridized carbons (Fsp3) is 0.500. The molecule has 0 aliphatic carbocycles. The number of carbonyl (C=O) groups excluding carboxylic acids is 3. The predicted molar refractivity (Wildman–Crippen MR) is 314 cm³/mol. The fourth-order valence-electron chi connectivity index (χ4n) is 9.44. The van der Waals surface area contributed by atoms with E-state index in [1.165, 1.54) is 11.3 Å². The number of hydrogen-bond donors (Lipinski definition) is 0. The van der Waals surface area contributed by atoms with Crippen LogP contribution >= 0.6 is 34.0 Å². The molecule has 0 aromatic carbocycles. The van der Waals surface area contributed by atoms with Gasteiger partial charge < -0.3 is 14.2 Å². The molecule has 6 aromatic heterocycles. The molecule has 0 spiro atoms. The zero-order chi connectivity index (χ0) is 58.2. The van der Waals surface area contributed by atoms with Crippen molar-refractivity contribution in [2.75, 3.05) is 78.9 Å². The van der Waals surface area contributed by atoms with Gasteiger partial charge in [0.15, 0.2) is 0 Å². The Morgan fingerprint density at radius 2 is 0.741 bits per heavy atom. The van der Waals surface area contributed by atoms with Crippen molar-refractivity contribution in [1.82, 2.24) is 29.7 Å². The molecule has 18 nitrogen and oxygen atoms in total. The van der Waals surface area contributed by atoms with E-state index in [2.05, 4.69) is 60.6 Å². The van der Waals surface area contributed by atoms with Crippen LogP contribution in [0, 0.1) is 41.5 Å². The highest BCUT2D eigenvalue weighted by atomic mass is 32.1. The van der Waals surface area contributed by atoms with Crippen LogP contribution in [0.15, 0.2) is 36.4 Å². The van der Waals surface area contributed by atoms with Crippen LogP contribution in [0.2, 0.25) is 0 Å². The third-order valence-electron chi connectivity index (χ3n) is 14.0. The first-order chi connectivity index (χ1) is 39.1. The number of hydrogen-bond acceptors (Lipinski definition) is 21. The second kappa shape index (κ2) is 30.8. The summed E-state index contributed by atoms with van der Waals surface area (Å²) in [5, 5.41) is 0.